The third kappa shape index (κ3) is 4.74. The number of ether oxygens (including phenoxy) is 2. The number of halogens is 1. The van der Waals surface area contributed by atoms with Gasteiger partial charge in [0.15, 0.2) is 5.75 Å². The van der Waals surface area contributed by atoms with E-state index in [0.717, 1.165) is 12.8 Å². The quantitative estimate of drug-likeness (QED) is 0.664. The maximum atomic E-state index is 15.5. The fourth-order valence-electron chi connectivity index (χ4n) is 4.25. The van der Waals surface area contributed by atoms with Gasteiger partial charge in [-0.3, -0.25) is 4.79 Å². The van der Waals surface area contributed by atoms with Gasteiger partial charge in [0.2, 0.25) is 5.43 Å². The van der Waals surface area contributed by atoms with Gasteiger partial charge in [-0.05, 0) is 53.0 Å². The zero-order valence-corrected chi connectivity index (χ0v) is 19.1. The summed E-state index contributed by atoms with van der Waals surface area (Å²) >= 11 is 0. The van der Waals surface area contributed by atoms with Crippen LogP contribution in [0.5, 0.6) is 5.75 Å². The van der Waals surface area contributed by atoms with E-state index in [1.165, 1.54) is 13.1 Å². The lowest BCUT2D eigenvalue weighted by molar-refractivity contribution is 0.0509. The van der Waals surface area contributed by atoms with Gasteiger partial charge in [0.1, 0.15) is 11.4 Å². The Labute approximate surface area is 190 Å². The molecule has 1 aliphatic heterocycles. The lowest BCUT2D eigenvalue weighted by atomic mass is 10.1. The molecule has 2 fully saturated rings. The van der Waals surface area contributed by atoms with Crippen LogP contribution in [0.1, 0.15) is 51.6 Å². The Morgan fingerprint density at radius 1 is 1.24 bits per heavy atom. The highest BCUT2D eigenvalue weighted by Gasteiger charge is 2.31. The summed E-state index contributed by atoms with van der Waals surface area (Å²) in [5, 5.41) is 11.9. The lowest BCUT2D eigenvalue weighted by Crippen LogP contribution is -2.40. The average Bonchev–Trinajstić information content (AvgIpc) is 3.43. The molecule has 2 heterocycles. The van der Waals surface area contributed by atoms with Gasteiger partial charge in [-0.25, -0.2) is 14.0 Å². The molecule has 0 spiro atoms. The van der Waals surface area contributed by atoms with Crippen molar-refractivity contribution in [3.05, 3.63) is 33.9 Å². The van der Waals surface area contributed by atoms with Crippen LogP contribution in [0, 0.1) is 12.7 Å². The molecule has 2 aromatic rings. The standard InChI is InChI=1S/C23H28FN3O6/c1-12-18-15(27(14-5-6-14)11-17(20(18)28)32-22(30)31)9-16(19(12)24)26-8-7-13(10-26)25-21(29)33-23(2,3)4/h9,11,13-14H,5-8,10H2,1-4H3,(H,25,29)(H,30,31)/t13-/m1/s1. The second kappa shape index (κ2) is 8.24. The molecule has 1 saturated carbocycles. The van der Waals surface area contributed by atoms with Crippen LogP contribution in [0.2, 0.25) is 0 Å². The van der Waals surface area contributed by atoms with Gasteiger partial charge >= 0.3 is 12.2 Å². The molecule has 0 unspecified atom stereocenters. The molecule has 2 aliphatic rings. The number of pyridine rings is 1. The van der Waals surface area contributed by atoms with Gasteiger partial charge in [-0.15, -0.1) is 0 Å². The number of hydrogen-bond donors (Lipinski definition) is 2. The maximum absolute atomic E-state index is 15.5. The van der Waals surface area contributed by atoms with Gasteiger partial charge in [0, 0.05) is 24.7 Å². The summed E-state index contributed by atoms with van der Waals surface area (Å²) in [4.78, 5) is 37.9. The Hall–Kier alpha value is -3.30. The molecule has 1 aliphatic carbocycles. The maximum Gasteiger partial charge on any atom is 0.511 e. The van der Waals surface area contributed by atoms with Crippen LogP contribution in [0.3, 0.4) is 0 Å². The number of alkyl carbamates (subject to hydrolysis) is 1. The van der Waals surface area contributed by atoms with Gasteiger partial charge in [-0.2, -0.15) is 0 Å². The van der Waals surface area contributed by atoms with Crippen LogP contribution >= 0.6 is 0 Å². The van der Waals surface area contributed by atoms with Gasteiger partial charge in [-0.1, -0.05) is 0 Å². The zero-order valence-electron chi connectivity index (χ0n) is 19.1. The first-order valence-electron chi connectivity index (χ1n) is 11.0. The highest BCUT2D eigenvalue weighted by molar-refractivity contribution is 5.88. The molecular formula is C23H28FN3O6. The molecule has 9 nitrogen and oxygen atoms in total. The number of aromatic nitrogens is 1. The molecule has 2 N–H and O–H groups in total. The molecule has 178 valence electrons. The van der Waals surface area contributed by atoms with Crippen molar-refractivity contribution in [2.45, 2.75) is 64.6 Å². The molecule has 1 aromatic heterocycles. The first kappa shape index (κ1) is 22.9. The molecular weight excluding hydrogens is 433 g/mol. The van der Waals surface area contributed by atoms with E-state index in [2.05, 4.69) is 10.1 Å². The molecule has 1 aromatic carbocycles. The Morgan fingerprint density at radius 2 is 1.94 bits per heavy atom. The summed E-state index contributed by atoms with van der Waals surface area (Å²) < 4.78 is 27.3. The van der Waals surface area contributed by atoms with Crippen LogP contribution in [-0.4, -0.2) is 46.7 Å². The van der Waals surface area contributed by atoms with Crippen molar-refractivity contribution in [2.24, 2.45) is 0 Å². The van der Waals surface area contributed by atoms with Crippen LogP contribution in [-0.2, 0) is 4.74 Å². The SMILES string of the molecule is Cc1c(F)c(N2CC[C@@H](NC(=O)OC(C)(C)C)C2)cc2c1c(=O)c(OC(=O)O)cn2C1CC1. The highest BCUT2D eigenvalue weighted by atomic mass is 19.1. The van der Waals surface area contributed by atoms with Crippen LogP contribution in [0.4, 0.5) is 19.7 Å². The largest absolute Gasteiger partial charge is 0.511 e. The van der Waals surface area contributed by atoms with Crippen molar-refractivity contribution in [2.75, 3.05) is 18.0 Å². The Morgan fingerprint density at radius 3 is 2.55 bits per heavy atom. The van der Waals surface area contributed by atoms with Crippen molar-refractivity contribution >= 4 is 28.8 Å². The van der Waals surface area contributed by atoms with E-state index in [-0.39, 0.29) is 28.8 Å². The van der Waals surface area contributed by atoms with Gasteiger partial charge < -0.3 is 29.4 Å². The summed E-state index contributed by atoms with van der Waals surface area (Å²) in [6, 6.07) is 1.53. The number of nitrogens with zero attached hydrogens (tertiary/aromatic N) is 2. The van der Waals surface area contributed by atoms with Crippen molar-refractivity contribution in [3.8, 4) is 5.75 Å². The summed E-state index contributed by atoms with van der Waals surface area (Å²) in [5.74, 6) is -0.882. The Bertz CT molecular complexity index is 1180. The first-order chi connectivity index (χ1) is 15.4. The second-order valence-electron chi connectivity index (χ2n) is 9.64. The molecule has 10 heteroatoms. The van der Waals surface area contributed by atoms with Crippen LogP contribution < -0.4 is 20.4 Å². The number of nitrogens with one attached hydrogen (secondary N) is 1. The summed E-state index contributed by atoms with van der Waals surface area (Å²) in [6.45, 7) is 7.79. The minimum Gasteiger partial charge on any atom is -0.449 e. The van der Waals surface area contributed by atoms with E-state index >= 15 is 4.39 Å². The third-order valence-corrected chi connectivity index (χ3v) is 5.83. The van der Waals surface area contributed by atoms with Crippen molar-refractivity contribution < 1.29 is 28.6 Å². The third-order valence-electron chi connectivity index (χ3n) is 5.83. The minimum absolute atomic E-state index is 0.0992. The predicted octanol–water partition coefficient (Wildman–Crippen LogP) is 3.94. The number of carbonyl (C=O) groups excluding carboxylic acids is 1. The number of benzene rings is 1. The normalized spacial score (nSPS) is 18.5. The van der Waals surface area contributed by atoms with Gasteiger partial charge in [0.05, 0.1) is 28.8 Å². The summed E-state index contributed by atoms with van der Waals surface area (Å²) in [6.07, 6.45) is 1.66. The number of carboxylic acid groups (broad SMARTS) is 1. The topological polar surface area (TPSA) is 110 Å². The predicted molar refractivity (Wildman–Crippen MR) is 120 cm³/mol. The Kier molecular flexibility index (Phi) is 5.71. The van der Waals surface area contributed by atoms with E-state index in [4.69, 9.17) is 9.84 Å². The van der Waals surface area contributed by atoms with E-state index in [0.29, 0.717) is 30.7 Å². The summed E-state index contributed by atoms with van der Waals surface area (Å²) in [5.41, 5.74) is -0.245. The van der Waals surface area contributed by atoms with Crippen LogP contribution in [0.25, 0.3) is 10.9 Å². The number of fused-ring (bicyclic) bond motifs is 1. The number of anilines is 1. The molecule has 0 bridgehead atoms. The molecule has 4 rings (SSSR count). The molecule has 1 atom stereocenters. The summed E-state index contributed by atoms with van der Waals surface area (Å²) in [7, 11) is 0. The fraction of sp³-hybridized carbons (Fsp3) is 0.522. The Balaban J connectivity index is 1.68. The van der Waals surface area contributed by atoms with E-state index in [1.54, 1.807) is 31.4 Å². The number of amides is 1. The molecule has 0 radical (unpaired) electrons. The zero-order chi connectivity index (χ0) is 24.1. The second-order valence-corrected chi connectivity index (χ2v) is 9.64. The van der Waals surface area contributed by atoms with Crippen molar-refractivity contribution in [3.63, 3.8) is 0 Å². The van der Waals surface area contributed by atoms with E-state index < -0.39 is 29.1 Å². The van der Waals surface area contributed by atoms with Crippen molar-refractivity contribution in [1.82, 2.24) is 9.88 Å². The number of carbonyl (C=O) groups is 2. The van der Waals surface area contributed by atoms with Crippen molar-refractivity contribution in [1.29, 1.82) is 0 Å². The number of aryl methyl sites for hydroxylation is 1. The number of rotatable bonds is 4. The molecule has 1 amide bonds. The van der Waals surface area contributed by atoms with Gasteiger partial charge in [0.25, 0.3) is 0 Å². The van der Waals surface area contributed by atoms with E-state index in [9.17, 15) is 14.4 Å². The monoisotopic (exact) mass is 461 g/mol. The first-order valence-corrected chi connectivity index (χ1v) is 11.0. The molecule has 33 heavy (non-hydrogen) atoms. The minimum atomic E-state index is -1.59. The average molecular weight is 461 g/mol. The lowest BCUT2D eigenvalue weighted by Gasteiger charge is -2.24. The smallest absolute Gasteiger partial charge is 0.449 e. The highest BCUT2D eigenvalue weighted by Crippen LogP contribution is 2.40. The molecule has 1 saturated heterocycles. The van der Waals surface area contributed by atoms with Crippen LogP contribution in [0.15, 0.2) is 17.1 Å². The number of hydrogen-bond acceptors (Lipinski definition) is 6. The van der Waals surface area contributed by atoms with E-state index in [1.807, 2.05) is 4.90 Å². The fourth-order valence-corrected chi connectivity index (χ4v) is 4.25.